The van der Waals surface area contributed by atoms with E-state index in [0.29, 0.717) is 12.2 Å². The van der Waals surface area contributed by atoms with Crippen molar-refractivity contribution in [3.63, 3.8) is 0 Å². The number of fused-ring (bicyclic) bond motifs is 3. The molecule has 0 amide bonds. The fourth-order valence-corrected chi connectivity index (χ4v) is 4.09. The molecule has 2 aromatic rings. The molecular formula is C25H32O3. The zero-order valence-corrected chi connectivity index (χ0v) is 17.0. The molecule has 1 aliphatic carbocycles. The molecule has 1 N–H and O–H groups in total. The van der Waals surface area contributed by atoms with Gasteiger partial charge in [-0.15, -0.1) is 0 Å². The molecule has 28 heavy (non-hydrogen) atoms. The average Bonchev–Trinajstić information content (AvgIpc) is 3.02. The third kappa shape index (κ3) is 5.02. The molecule has 3 nitrogen and oxygen atoms in total. The Morgan fingerprint density at radius 1 is 0.857 bits per heavy atom. The lowest BCUT2D eigenvalue weighted by Gasteiger charge is -2.15. The normalized spacial score (nSPS) is 14.7. The predicted molar refractivity (Wildman–Crippen MR) is 114 cm³/mol. The summed E-state index contributed by atoms with van der Waals surface area (Å²) >= 11 is 0. The van der Waals surface area contributed by atoms with E-state index in [-0.39, 0.29) is 6.10 Å². The number of aromatic carboxylic acids is 1. The van der Waals surface area contributed by atoms with Crippen LogP contribution in [0.15, 0.2) is 42.5 Å². The van der Waals surface area contributed by atoms with Crippen LogP contribution < -0.4 is 0 Å². The topological polar surface area (TPSA) is 46.5 Å². The number of benzene rings is 2. The number of ether oxygens (including phenoxy) is 1. The first kappa shape index (κ1) is 20.6. The number of hydrogen-bond acceptors (Lipinski definition) is 2. The molecular weight excluding hydrogens is 348 g/mol. The van der Waals surface area contributed by atoms with Gasteiger partial charge >= 0.3 is 5.97 Å². The molecule has 0 aliphatic heterocycles. The van der Waals surface area contributed by atoms with Gasteiger partial charge in [-0.3, -0.25) is 0 Å². The molecule has 0 spiro atoms. The van der Waals surface area contributed by atoms with E-state index in [1.54, 1.807) is 12.1 Å². The van der Waals surface area contributed by atoms with Gasteiger partial charge in [-0.25, -0.2) is 4.79 Å². The zero-order chi connectivity index (χ0) is 19.8. The minimum absolute atomic E-state index is 0.153. The SMILES string of the molecule is CCCCCCCCCCCOC1c2ccccc2-c2ccc(C(=O)O)cc21. The van der Waals surface area contributed by atoms with Gasteiger partial charge < -0.3 is 9.84 Å². The second kappa shape index (κ2) is 10.4. The lowest BCUT2D eigenvalue weighted by Crippen LogP contribution is -2.06. The Morgan fingerprint density at radius 2 is 1.50 bits per heavy atom. The quantitative estimate of drug-likeness (QED) is 0.403. The Morgan fingerprint density at radius 3 is 2.21 bits per heavy atom. The Balaban J connectivity index is 1.52. The smallest absolute Gasteiger partial charge is 0.335 e. The van der Waals surface area contributed by atoms with E-state index in [0.717, 1.165) is 28.7 Å². The Labute approximate surface area is 168 Å². The van der Waals surface area contributed by atoms with Crippen LogP contribution in [-0.2, 0) is 4.74 Å². The molecule has 0 heterocycles. The van der Waals surface area contributed by atoms with Crippen LogP contribution in [0.2, 0.25) is 0 Å². The summed E-state index contributed by atoms with van der Waals surface area (Å²) < 4.78 is 6.26. The maximum absolute atomic E-state index is 11.4. The molecule has 1 unspecified atom stereocenters. The molecule has 150 valence electrons. The van der Waals surface area contributed by atoms with E-state index in [1.165, 1.54) is 51.4 Å². The Kier molecular flexibility index (Phi) is 7.67. The fourth-order valence-electron chi connectivity index (χ4n) is 4.09. The van der Waals surface area contributed by atoms with Gasteiger partial charge in [-0.05, 0) is 40.8 Å². The van der Waals surface area contributed by atoms with Crippen LogP contribution in [0.3, 0.4) is 0 Å². The summed E-state index contributed by atoms with van der Waals surface area (Å²) in [6, 6.07) is 13.6. The van der Waals surface area contributed by atoms with Crippen LogP contribution in [0, 0.1) is 0 Å². The van der Waals surface area contributed by atoms with Gasteiger partial charge in [0.2, 0.25) is 0 Å². The minimum Gasteiger partial charge on any atom is -0.478 e. The van der Waals surface area contributed by atoms with Crippen molar-refractivity contribution >= 4 is 5.97 Å². The van der Waals surface area contributed by atoms with Crippen LogP contribution in [0.1, 0.15) is 92.3 Å². The lowest BCUT2D eigenvalue weighted by atomic mass is 10.0. The van der Waals surface area contributed by atoms with Crippen LogP contribution in [-0.4, -0.2) is 17.7 Å². The predicted octanol–water partition coefficient (Wildman–Crippen LogP) is 7.00. The molecule has 0 radical (unpaired) electrons. The summed E-state index contributed by atoms with van der Waals surface area (Å²) in [5, 5.41) is 9.34. The van der Waals surface area contributed by atoms with Crippen molar-refractivity contribution in [3.05, 3.63) is 59.2 Å². The van der Waals surface area contributed by atoms with Gasteiger partial charge in [0.1, 0.15) is 6.10 Å². The molecule has 0 aromatic heterocycles. The van der Waals surface area contributed by atoms with Crippen LogP contribution in [0.25, 0.3) is 11.1 Å². The number of unbranched alkanes of at least 4 members (excludes halogenated alkanes) is 8. The first-order valence-corrected chi connectivity index (χ1v) is 10.8. The van der Waals surface area contributed by atoms with Gasteiger partial charge in [0.15, 0.2) is 0 Å². The highest BCUT2D eigenvalue weighted by Crippen LogP contribution is 2.45. The van der Waals surface area contributed by atoms with Gasteiger partial charge in [-0.1, -0.05) is 88.6 Å². The highest BCUT2D eigenvalue weighted by molar-refractivity contribution is 5.90. The Bertz CT molecular complexity index is 781. The fraction of sp³-hybridized carbons (Fsp3) is 0.480. The molecule has 1 atom stereocenters. The van der Waals surface area contributed by atoms with Gasteiger partial charge in [-0.2, -0.15) is 0 Å². The van der Waals surface area contributed by atoms with Crippen LogP contribution in [0.5, 0.6) is 0 Å². The largest absolute Gasteiger partial charge is 0.478 e. The first-order chi connectivity index (χ1) is 13.7. The maximum atomic E-state index is 11.4. The monoisotopic (exact) mass is 380 g/mol. The van der Waals surface area contributed by atoms with Gasteiger partial charge in [0.25, 0.3) is 0 Å². The first-order valence-electron chi connectivity index (χ1n) is 10.8. The van der Waals surface area contributed by atoms with Crippen LogP contribution >= 0.6 is 0 Å². The average molecular weight is 381 g/mol. The number of carboxylic acid groups (broad SMARTS) is 1. The summed E-state index contributed by atoms with van der Waals surface area (Å²) in [4.78, 5) is 11.4. The summed E-state index contributed by atoms with van der Waals surface area (Å²) in [5.74, 6) is -0.892. The molecule has 1 aliphatic rings. The van der Waals surface area contributed by atoms with E-state index < -0.39 is 5.97 Å². The zero-order valence-electron chi connectivity index (χ0n) is 17.0. The second-order valence-corrected chi connectivity index (χ2v) is 7.77. The van der Waals surface area contributed by atoms with Crippen molar-refractivity contribution in [2.24, 2.45) is 0 Å². The van der Waals surface area contributed by atoms with E-state index in [9.17, 15) is 9.90 Å². The highest BCUT2D eigenvalue weighted by atomic mass is 16.5. The Hall–Kier alpha value is -2.13. The van der Waals surface area contributed by atoms with E-state index in [2.05, 4.69) is 19.1 Å². The summed E-state index contributed by atoms with van der Waals surface area (Å²) in [6.45, 7) is 2.97. The van der Waals surface area contributed by atoms with Gasteiger partial charge in [0, 0.05) is 6.61 Å². The number of hydrogen-bond donors (Lipinski definition) is 1. The van der Waals surface area contributed by atoms with Crippen molar-refractivity contribution in [2.75, 3.05) is 6.61 Å². The summed E-state index contributed by atoms with van der Waals surface area (Å²) in [5.41, 5.74) is 4.71. The summed E-state index contributed by atoms with van der Waals surface area (Å²) in [7, 11) is 0. The molecule has 3 rings (SSSR count). The number of carbonyl (C=O) groups is 1. The molecule has 0 saturated carbocycles. The molecule has 0 fully saturated rings. The number of rotatable bonds is 12. The third-order valence-electron chi connectivity index (χ3n) is 5.65. The second-order valence-electron chi connectivity index (χ2n) is 7.77. The molecule has 0 saturated heterocycles. The number of carboxylic acids is 1. The highest BCUT2D eigenvalue weighted by Gasteiger charge is 2.29. The van der Waals surface area contributed by atoms with Crippen molar-refractivity contribution in [3.8, 4) is 11.1 Å². The van der Waals surface area contributed by atoms with Crippen LogP contribution in [0.4, 0.5) is 0 Å². The lowest BCUT2D eigenvalue weighted by molar-refractivity contribution is 0.0694. The maximum Gasteiger partial charge on any atom is 0.335 e. The van der Waals surface area contributed by atoms with Crippen molar-refractivity contribution in [1.29, 1.82) is 0 Å². The minimum atomic E-state index is -0.892. The standard InChI is InChI=1S/C25H32O3/c1-2-3-4-5-6-7-8-9-12-17-28-24-22-14-11-10-13-20(22)21-16-15-19(25(26)27)18-23(21)24/h10-11,13-16,18,24H,2-9,12,17H2,1H3,(H,26,27). The van der Waals surface area contributed by atoms with E-state index in [4.69, 9.17) is 4.74 Å². The summed E-state index contributed by atoms with van der Waals surface area (Å²) in [6.07, 6.45) is 11.5. The molecule has 2 aromatic carbocycles. The van der Waals surface area contributed by atoms with Crippen molar-refractivity contribution < 1.29 is 14.6 Å². The van der Waals surface area contributed by atoms with Crippen molar-refractivity contribution in [2.45, 2.75) is 70.8 Å². The molecule has 0 bridgehead atoms. The van der Waals surface area contributed by atoms with Crippen molar-refractivity contribution in [1.82, 2.24) is 0 Å². The third-order valence-corrected chi connectivity index (χ3v) is 5.65. The molecule has 3 heteroatoms. The van der Waals surface area contributed by atoms with Gasteiger partial charge in [0.05, 0.1) is 5.56 Å². The van der Waals surface area contributed by atoms with E-state index >= 15 is 0 Å². The van der Waals surface area contributed by atoms with E-state index in [1.807, 2.05) is 18.2 Å².